The SMILES string of the molecule is CN=C(NCc1ccc(C)cc1)NCC(Cc1ccccc1)N(C)C. The highest BCUT2D eigenvalue weighted by Gasteiger charge is 2.13. The molecule has 0 fully saturated rings. The largest absolute Gasteiger partial charge is 0.355 e. The van der Waals surface area contributed by atoms with Gasteiger partial charge in [0.15, 0.2) is 5.96 Å². The third kappa shape index (κ3) is 6.59. The summed E-state index contributed by atoms with van der Waals surface area (Å²) in [7, 11) is 6.06. The number of nitrogens with zero attached hydrogens (tertiary/aromatic N) is 2. The molecule has 1 atom stereocenters. The molecule has 0 heterocycles. The average Bonchev–Trinajstić information content (AvgIpc) is 2.63. The van der Waals surface area contributed by atoms with Crippen LogP contribution in [0.25, 0.3) is 0 Å². The van der Waals surface area contributed by atoms with Gasteiger partial charge in [-0.2, -0.15) is 0 Å². The summed E-state index contributed by atoms with van der Waals surface area (Å²) in [6.45, 7) is 3.71. The first-order valence-electron chi connectivity index (χ1n) is 8.79. The van der Waals surface area contributed by atoms with E-state index in [0.717, 1.165) is 25.5 Å². The standard InChI is InChI=1S/C21H30N4/c1-17-10-12-19(13-11-17)15-23-21(22-2)24-16-20(25(3)4)14-18-8-6-5-7-9-18/h5-13,20H,14-16H2,1-4H3,(H2,22,23,24). The van der Waals surface area contributed by atoms with Gasteiger partial charge in [0.25, 0.3) is 0 Å². The van der Waals surface area contributed by atoms with Crippen molar-refractivity contribution in [1.29, 1.82) is 0 Å². The zero-order chi connectivity index (χ0) is 18.1. The molecular weight excluding hydrogens is 308 g/mol. The number of rotatable bonds is 7. The lowest BCUT2D eigenvalue weighted by Gasteiger charge is -2.25. The van der Waals surface area contributed by atoms with Crippen molar-refractivity contribution < 1.29 is 0 Å². The fourth-order valence-corrected chi connectivity index (χ4v) is 2.65. The summed E-state index contributed by atoms with van der Waals surface area (Å²) in [5.41, 5.74) is 3.88. The van der Waals surface area contributed by atoms with Crippen molar-refractivity contribution in [1.82, 2.24) is 15.5 Å². The van der Waals surface area contributed by atoms with Crippen LogP contribution in [0.1, 0.15) is 16.7 Å². The van der Waals surface area contributed by atoms with Gasteiger partial charge < -0.3 is 15.5 Å². The highest BCUT2D eigenvalue weighted by atomic mass is 15.2. The van der Waals surface area contributed by atoms with E-state index < -0.39 is 0 Å². The van der Waals surface area contributed by atoms with E-state index in [0.29, 0.717) is 6.04 Å². The molecule has 0 amide bonds. The van der Waals surface area contributed by atoms with Gasteiger partial charge in [-0.15, -0.1) is 0 Å². The number of aliphatic imine (C=N–C) groups is 1. The lowest BCUT2D eigenvalue weighted by Crippen LogP contribution is -2.45. The van der Waals surface area contributed by atoms with E-state index in [1.807, 2.05) is 7.05 Å². The average molecular weight is 338 g/mol. The van der Waals surface area contributed by atoms with E-state index in [1.165, 1.54) is 16.7 Å². The molecule has 0 aromatic heterocycles. The van der Waals surface area contributed by atoms with Crippen molar-refractivity contribution in [2.75, 3.05) is 27.7 Å². The number of guanidine groups is 1. The molecule has 0 bridgehead atoms. The normalized spacial score (nSPS) is 12.9. The van der Waals surface area contributed by atoms with Crippen molar-refractivity contribution in [2.45, 2.75) is 25.9 Å². The van der Waals surface area contributed by atoms with Crippen molar-refractivity contribution in [2.24, 2.45) is 4.99 Å². The fourth-order valence-electron chi connectivity index (χ4n) is 2.65. The van der Waals surface area contributed by atoms with E-state index in [-0.39, 0.29) is 0 Å². The Kier molecular flexibility index (Phi) is 7.48. The Balaban J connectivity index is 1.85. The maximum atomic E-state index is 4.33. The Morgan fingerprint density at radius 3 is 2.24 bits per heavy atom. The number of nitrogens with one attached hydrogen (secondary N) is 2. The summed E-state index contributed by atoms with van der Waals surface area (Å²) in [6.07, 6.45) is 1.01. The van der Waals surface area contributed by atoms with Crippen LogP contribution in [0.4, 0.5) is 0 Å². The topological polar surface area (TPSA) is 39.7 Å². The lowest BCUT2D eigenvalue weighted by atomic mass is 10.1. The zero-order valence-electron chi connectivity index (χ0n) is 15.8. The first kappa shape index (κ1) is 19.0. The van der Waals surface area contributed by atoms with Crippen molar-refractivity contribution in [3.63, 3.8) is 0 Å². The van der Waals surface area contributed by atoms with Crippen LogP contribution < -0.4 is 10.6 Å². The highest BCUT2D eigenvalue weighted by Crippen LogP contribution is 2.06. The van der Waals surface area contributed by atoms with E-state index in [2.05, 4.69) is 96.1 Å². The highest BCUT2D eigenvalue weighted by molar-refractivity contribution is 5.79. The zero-order valence-corrected chi connectivity index (χ0v) is 15.8. The molecule has 4 heteroatoms. The maximum Gasteiger partial charge on any atom is 0.191 e. The molecule has 0 saturated heterocycles. The summed E-state index contributed by atoms with van der Waals surface area (Å²) >= 11 is 0. The van der Waals surface area contributed by atoms with E-state index in [4.69, 9.17) is 0 Å². The Morgan fingerprint density at radius 1 is 0.960 bits per heavy atom. The predicted octanol–water partition coefficient (Wildman–Crippen LogP) is 2.83. The van der Waals surface area contributed by atoms with E-state index in [9.17, 15) is 0 Å². The molecule has 2 rings (SSSR count). The molecule has 0 saturated carbocycles. The van der Waals surface area contributed by atoms with Crippen LogP contribution in [0.3, 0.4) is 0 Å². The van der Waals surface area contributed by atoms with Gasteiger partial charge in [0, 0.05) is 26.2 Å². The van der Waals surface area contributed by atoms with Gasteiger partial charge >= 0.3 is 0 Å². The molecule has 0 spiro atoms. The molecule has 0 aliphatic heterocycles. The van der Waals surface area contributed by atoms with Crippen LogP contribution >= 0.6 is 0 Å². The molecule has 25 heavy (non-hydrogen) atoms. The number of hydrogen-bond donors (Lipinski definition) is 2. The van der Waals surface area contributed by atoms with Crippen LogP contribution in [0.5, 0.6) is 0 Å². The Labute approximate surface area is 152 Å². The number of aryl methyl sites for hydroxylation is 1. The Hall–Kier alpha value is -2.33. The summed E-state index contributed by atoms with van der Waals surface area (Å²) < 4.78 is 0. The molecule has 0 aliphatic rings. The smallest absolute Gasteiger partial charge is 0.191 e. The molecular formula is C21H30N4. The summed E-state index contributed by atoms with van der Waals surface area (Å²) in [5, 5.41) is 6.83. The minimum absolute atomic E-state index is 0.403. The van der Waals surface area contributed by atoms with Gasteiger partial charge in [0.1, 0.15) is 0 Å². The van der Waals surface area contributed by atoms with Crippen molar-refractivity contribution in [3.05, 3.63) is 71.3 Å². The van der Waals surface area contributed by atoms with E-state index in [1.54, 1.807) is 0 Å². The minimum atomic E-state index is 0.403. The maximum absolute atomic E-state index is 4.33. The van der Waals surface area contributed by atoms with Crippen LogP contribution in [0.15, 0.2) is 59.6 Å². The number of hydrogen-bond acceptors (Lipinski definition) is 2. The summed E-state index contributed by atoms with van der Waals surface area (Å²) in [4.78, 5) is 6.59. The van der Waals surface area contributed by atoms with Gasteiger partial charge in [-0.1, -0.05) is 60.2 Å². The van der Waals surface area contributed by atoms with E-state index >= 15 is 0 Å². The van der Waals surface area contributed by atoms with Crippen molar-refractivity contribution in [3.8, 4) is 0 Å². The van der Waals surface area contributed by atoms with Gasteiger partial charge in [-0.3, -0.25) is 4.99 Å². The molecule has 1 unspecified atom stereocenters. The second-order valence-corrected chi connectivity index (χ2v) is 6.60. The quantitative estimate of drug-likeness (QED) is 0.602. The molecule has 2 aromatic rings. The van der Waals surface area contributed by atoms with Crippen LogP contribution in [0, 0.1) is 6.92 Å². The Morgan fingerprint density at radius 2 is 1.64 bits per heavy atom. The van der Waals surface area contributed by atoms with Crippen LogP contribution in [0.2, 0.25) is 0 Å². The second kappa shape index (κ2) is 9.84. The molecule has 0 radical (unpaired) electrons. The fraction of sp³-hybridized carbons (Fsp3) is 0.381. The van der Waals surface area contributed by atoms with Crippen LogP contribution in [-0.4, -0.2) is 44.6 Å². The van der Waals surface area contributed by atoms with Gasteiger partial charge in [0.05, 0.1) is 0 Å². The van der Waals surface area contributed by atoms with Gasteiger partial charge in [-0.25, -0.2) is 0 Å². The molecule has 2 N–H and O–H groups in total. The predicted molar refractivity (Wildman–Crippen MR) is 107 cm³/mol. The number of benzene rings is 2. The molecule has 134 valence electrons. The summed E-state index contributed by atoms with van der Waals surface area (Å²) in [6, 6.07) is 19.6. The minimum Gasteiger partial charge on any atom is -0.355 e. The first-order chi connectivity index (χ1) is 12.1. The summed E-state index contributed by atoms with van der Waals surface area (Å²) in [5.74, 6) is 0.834. The second-order valence-electron chi connectivity index (χ2n) is 6.60. The number of likely N-dealkylation sites (N-methyl/N-ethyl adjacent to an activating group) is 1. The first-order valence-corrected chi connectivity index (χ1v) is 8.79. The van der Waals surface area contributed by atoms with Crippen LogP contribution in [-0.2, 0) is 13.0 Å². The molecule has 0 aliphatic carbocycles. The third-order valence-electron chi connectivity index (χ3n) is 4.35. The third-order valence-corrected chi connectivity index (χ3v) is 4.35. The monoisotopic (exact) mass is 338 g/mol. The lowest BCUT2D eigenvalue weighted by molar-refractivity contribution is 0.290. The molecule has 4 nitrogen and oxygen atoms in total. The van der Waals surface area contributed by atoms with Gasteiger partial charge in [0.2, 0.25) is 0 Å². The van der Waals surface area contributed by atoms with Crippen molar-refractivity contribution >= 4 is 5.96 Å². The molecule has 2 aromatic carbocycles. The van der Waals surface area contributed by atoms with Gasteiger partial charge in [-0.05, 0) is 38.6 Å². The Bertz CT molecular complexity index is 647.